The lowest BCUT2D eigenvalue weighted by atomic mass is 9.93. The van der Waals surface area contributed by atoms with Crippen LogP contribution in [0.1, 0.15) is 51.2 Å². The molecule has 0 aliphatic carbocycles. The number of rotatable bonds is 10. The van der Waals surface area contributed by atoms with Crippen molar-refractivity contribution in [3.05, 3.63) is 76.4 Å². The van der Waals surface area contributed by atoms with Gasteiger partial charge < -0.3 is 9.47 Å². The van der Waals surface area contributed by atoms with E-state index in [2.05, 4.69) is 6.92 Å². The quantitative estimate of drug-likeness (QED) is 0.269. The second-order valence-corrected chi connectivity index (χ2v) is 8.05. The first-order valence-electron chi connectivity index (χ1n) is 11.6. The van der Waals surface area contributed by atoms with Gasteiger partial charge in [-0.1, -0.05) is 56.2 Å². The summed E-state index contributed by atoms with van der Waals surface area (Å²) in [6.45, 7) is 6.86. The maximum Gasteiger partial charge on any atom is 0.271 e. The Hall–Kier alpha value is -3.85. The van der Waals surface area contributed by atoms with Crippen molar-refractivity contribution in [1.29, 1.82) is 5.26 Å². The summed E-state index contributed by atoms with van der Waals surface area (Å²) >= 11 is 0. The monoisotopic (exact) mass is 458 g/mol. The van der Waals surface area contributed by atoms with Gasteiger partial charge in [0.25, 0.3) is 11.8 Å². The molecule has 6 nitrogen and oxygen atoms in total. The van der Waals surface area contributed by atoms with Gasteiger partial charge in [-0.2, -0.15) is 5.26 Å². The highest BCUT2D eigenvalue weighted by molar-refractivity contribution is 6.19. The van der Waals surface area contributed by atoms with Gasteiger partial charge in [-0.15, -0.1) is 0 Å². The fraction of sp³-hybridized carbons (Fsp3) is 0.321. The Morgan fingerprint density at radius 3 is 2.41 bits per heavy atom. The predicted molar refractivity (Wildman–Crippen MR) is 131 cm³/mol. The van der Waals surface area contributed by atoms with Crippen molar-refractivity contribution in [2.24, 2.45) is 0 Å². The third kappa shape index (κ3) is 5.74. The summed E-state index contributed by atoms with van der Waals surface area (Å²) in [4.78, 5) is 27.3. The van der Waals surface area contributed by atoms with Crippen LogP contribution in [-0.2, 0) is 16.1 Å². The first-order valence-corrected chi connectivity index (χ1v) is 11.6. The molecule has 0 bridgehead atoms. The molecule has 0 unspecified atom stereocenters. The van der Waals surface area contributed by atoms with Gasteiger partial charge in [0.1, 0.15) is 11.6 Å². The fourth-order valence-electron chi connectivity index (χ4n) is 3.74. The molecule has 2 amide bonds. The van der Waals surface area contributed by atoms with E-state index in [0.29, 0.717) is 35.9 Å². The van der Waals surface area contributed by atoms with E-state index in [0.717, 1.165) is 35.3 Å². The molecule has 1 aliphatic heterocycles. The molecule has 0 fully saturated rings. The SMILES string of the molecule is CCCCCOc1ccc(/C=C2/C(=O)N(Cc3ccccc3)C(=O)C(C#N)=C2C)cc1OCC. The molecule has 0 N–H and O–H groups in total. The molecular weight excluding hydrogens is 428 g/mol. The third-order valence-electron chi connectivity index (χ3n) is 5.59. The van der Waals surface area contributed by atoms with Crippen LogP contribution in [0.3, 0.4) is 0 Å². The minimum atomic E-state index is -0.572. The van der Waals surface area contributed by atoms with Gasteiger partial charge in [-0.05, 0) is 55.2 Å². The van der Waals surface area contributed by atoms with Crippen LogP contribution >= 0.6 is 0 Å². The van der Waals surface area contributed by atoms with Gasteiger partial charge in [0.15, 0.2) is 11.5 Å². The Labute approximate surface area is 201 Å². The summed E-state index contributed by atoms with van der Waals surface area (Å²) in [6, 6.07) is 16.7. The summed E-state index contributed by atoms with van der Waals surface area (Å²) in [5.41, 5.74) is 2.19. The van der Waals surface area contributed by atoms with Crippen LogP contribution in [0.4, 0.5) is 0 Å². The molecule has 1 heterocycles. The van der Waals surface area contributed by atoms with Crippen LogP contribution in [0.15, 0.2) is 65.3 Å². The number of nitriles is 1. The number of amides is 2. The van der Waals surface area contributed by atoms with E-state index < -0.39 is 11.8 Å². The van der Waals surface area contributed by atoms with Crippen molar-refractivity contribution >= 4 is 17.9 Å². The van der Waals surface area contributed by atoms with Gasteiger partial charge in [0, 0.05) is 5.57 Å². The molecule has 6 heteroatoms. The maximum atomic E-state index is 13.3. The lowest BCUT2D eigenvalue weighted by molar-refractivity contribution is -0.141. The predicted octanol–water partition coefficient (Wildman–Crippen LogP) is 5.45. The summed E-state index contributed by atoms with van der Waals surface area (Å²) in [7, 11) is 0. The smallest absolute Gasteiger partial charge is 0.271 e. The molecule has 2 aromatic carbocycles. The summed E-state index contributed by atoms with van der Waals surface area (Å²) in [5.74, 6) is 0.247. The minimum Gasteiger partial charge on any atom is -0.490 e. The lowest BCUT2D eigenvalue weighted by Crippen LogP contribution is -2.42. The number of ether oxygens (including phenoxy) is 2. The Balaban J connectivity index is 1.95. The Morgan fingerprint density at radius 1 is 0.971 bits per heavy atom. The van der Waals surface area contributed by atoms with Crippen molar-refractivity contribution in [3.8, 4) is 17.6 Å². The molecule has 176 valence electrons. The van der Waals surface area contributed by atoms with Gasteiger partial charge in [-0.25, -0.2) is 0 Å². The van der Waals surface area contributed by atoms with Crippen LogP contribution in [0.5, 0.6) is 11.5 Å². The zero-order valence-corrected chi connectivity index (χ0v) is 20.0. The highest BCUT2D eigenvalue weighted by Crippen LogP contribution is 2.32. The second-order valence-electron chi connectivity index (χ2n) is 8.05. The van der Waals surface area contributed by atoms with Gasteiger partial charge in [-0.3, -0.25) is 14.5 Å². The number of unbranched alkanes of at least 4 members (excludes halogenated alkanes) is 2. The third-order valence-corrected chi connectivity index (χ3v) is 5.59. The number of imide groups is 1. The minimum absolute atomic E-state index is 0.0253. The highest BCUT2D eigenvalue weighted by Gasteiger charge is 2.35. The van der Waals surface area contributed by atoms with Crippen LogP contribution in [0.2, 0.25) is 0 Å². The number of hydrogen-bond donors (Lipinski definition) is 0. The highest BCUT2D eigenvalue weighted by atomic mass is 16.5. The van der Waals surface area contributed by atoms with E-state index in [9.17, 15) is 14.9 Å². The zero-order valence-electron chi connectivity index (χ0n) is 20.0. The zero-order chi connectivity index (χ0) is 24.5. The van der Waals surface area contributed by atoms with E-state index in [1.807, 2.05) is 61.5 Å². The topological polar surface area (TPSA) is 79.6 Å². The van der Waals surface area contributed by atoms with Crippen molar-refractivity contribution < 1.29 is 19.1 Å². The standard InChI is InChI=1S/C28H30N2O4/c1-4-6-10-15-34-25-14-13-22(17-26(25)33-5-2)16-23-20(3)24(18-29)28(32)30(27(23)31)19-21-11-8-7-9-12-21/h7-9,11-14,16-17H,4-6,10,15,19H2,1-3H3/b23-16+. The number of benzene rings is 2. The van der Waals surface area contributed by atoms with Crippen LogP contribution < -0.4 is 9.47 Å². The van der Waals surface area contributed by atoms with E-state index in [1.165, 1.54) is 0 Å². The normalized spacial score (nSPS) is 15.0. The maximum absolute atomic E-state index is 13.3. The average Bonchev–Trinajstić information content (AvgIpc) is 2.84. The van der Waals surface area contributed by atoms with Crippen LogP contribution in [0.25, 0.3) is 6.08 Å². The van der Waals surface area contributed by atoms with Crippen molar-refractivity contribution in [1.82, 2.24) is 4.90 Å². The van der Waals surface area contributed by atoms with Gasteiger partial charge in [0.2, 0.25) is 0 Å². The fourth-order valence-corrected chi connectivity index (χ4v) is 3.74. The molecule has 0 saturated heterocycles. The van der Waals surface area contributed by atoms with E-state index in [-0.39, 0.29) is 12.1 Å². The van der Waals surface area contributed by atoms with Crippen molar-refractivity contribution in [2.75, 3.05) is 13.2 Å². The first kappa shape index (κ1) is 24.8. The summed E-state index contributed by atoms with van der Waals surface area (Å²) < 4.78 is 11.7. The summed E-state index contributed by atoms with van der Waals surface area (Å²) in [6.07, 6.45) is 4.88. The molecule has 34 heavy (non-hydrogen) atoms. The van der Waals surface area contributed by atoms with Gasteiger partial charge in [0.05, 0.1) is 19.8 Å². The Morgan fingerprint density at radius 2 is 1.74 bits per heavy atom. The van der Waals surface area contributed by atoms with E-state index in [4.69, 9.17) is 9.47 Å². The molecule has 0 atom stereocenters. The molecule has 2 aromatic rings. The van der Waals surface area contributed by atoms with E-state index in [1.54, 1.807) is 13.0 Å². The first-order chi connectivity index (χ1) is 16.5. The Bertz CT molecular complexity index is 1140. The van der Waals surface area contributed by atoms with E-state index >= 15 is 0 Å². The number of carbonyl (C=O) groups is 2. The van der Waals surface area contributed by atoms with Crippen molar-refractivity contribution in [3.63, 3.8) is 0 Å². The Kier molecular flexibility index (Phi) is 8.64. The molecule has 0 radical (unpaired) electrons. The summed E-state index contributed by atoms with van der Waals surface area (Å²) in [5, 5.41) is 9.63. The molecule has 0 saturated carbocycles. The van der Waals surface area contributed by atoms with Crippen molar-refractivity contribution in [2.45, 2.75) is 46.6 Å². The van der Waals surface area contributed by atoms with Crippen LogP contribution in [-0.4, -0.2) is 29.9 Å². The molecule has 0 spiro atoms. The average molecular weight is 459 g/mol. The lowest BCUT2D eigenvalue weighted by Gasteiger charge is -2.27. The number of hydrogen-bond acceptors (Lipinski definition) is 5. The largest absolute Gasteiger partial charge is 0.490 e. The molecule has 0 aromatic heterocycles. The number of carbonyl (C=O) groups excluding carboxylic acids is 2. The molecular formula is C28H30N2O4. The van der Waals surface area contributed by atoms with Gasteiger partial charge >= 0.3 is 0 Å². The second kappa shape index (κ2) is 11.9. The number of nitrogens with zero attached hydrogens (tertiary/aromatic N) is 2. The van der Waals surface area contributed by atoms with Crippen LogP contribution in [0, 0.1) is 11.3 Å². The molecule has 3 rings (SSSR count). The molecule has 1 aliphatic rings.